The predicted molar refractivity (Wildman–Crippen MR) is 134 cm³/mol. The fourth-order valence-corrected chi connectivity index (χ4v) is 4.63. The highest BCUT2D eigenvalue weighted by molar-refractivity contribution is 6.01. The lowest BCUT2D eigenvalue weighted by atomic mass is 9.94. The van der Waals surface area contributed by atoms with Crippen LogP contribution in [-0.2, 0) is 26.2 Å². The molecule has 1 aliphatic heterocycles. The molecule has 5 rings (SSSR count). The molecule has 0 bridgehead atoms. The Balaban J connectivity index is 1.38. The number of carbonyl (C=O) groups excluding carboxylic acids is 2. The molecule has 2 aromatic heterocycles. The molecule has 3 heterocycles. The zero-order valence-electron chi connectivity index (χ0n) is 21.3. The van der Waals surface area contributed by atoms with Crippen molar-refractivity contribution in [3.05, 3.63) is 65.0 Å². The molecule has 38 heavy (non-hydrogen) atoms. The van der Waals surface area contributed by atoms with Crippen LogP contribution in [0.2, 0.25) is 0 Å². The van der Waals surface area contributed by atoms with Crippen LogP contribution in [0.5, 0.6) is 11.5 Å². The van der Waals surface area contributed by atoms with Crippen LogP contribution in [0.1, 0.15) is 48.1 Å². The maximum atomic E-state index is 13.5. The lowest BCUT2D eigenvalue weighted by molar-refractivity contribution is -0.286. The highest BCUT2D eigenvalue weighted by Crippen LogP contribution is 2.52. The smallest absolute Gasteiger partial charge is 0.469 e. The van der Waals surface area contributed by atoms with Crippen molar-refractivity contribution >= 4 is 17.7 Å². The topological polar surface area (TPSA) is 99.6 Å². The van der Waals surface area contributed by atoms with E-state index >= 15 is 0 Å². The highest BCUT2D eigenvalue weighted by Gasteiger charge is 2.53. The third-order valence-corrected chi connectivity index (χ3v) is 6.86. The molecule has 1 aromatic carbocycles. The second kappa shape index (κ2) is 9.66. The number of amides is 1. The number of fused-ring (bicyclic) bond motifs is 1. The first-order valence-corrected chi connectivity index (χ1v) is 12.3. The van der Waals surface area contributed by atoms with Crippen LogP contribution < -0.4 is 14.8 Å². The zero-order valence-corrected chi connectivity index (χ0v) is 21.3. The van der Waals surface area contributed by atoms with Crippen LogP contribution in [-0.4, -0.2) is 35.2 Å². The standard InChI is InChI=1S/C28H27F2N3O5/c1-16-13-19(20(31-15-16)5-4-6-24(34)36-3)25-17(2)7-10-23(32-25)33-26(35)27(11-12-27)18-8-9-21-22(14-18)38-28(29,30)37-21/h7-10,13-15H,4-6,11-12H2,1-3H3,(H,32,33,35). The largest absolute Gasteiger partial charge is 0.586 e. The Labute approximate surface area is 218 Å². The second-order valence-electron chi connectivity index (χ2n) is 9.66. The van der Waals surface area contributed by atoms with Gasteiger partial charge in [0.25, 0.3) is 0 Å². The molecule has 1 amide bonds. The average molecular weight is 524 g/mol. The number of rotatable bonds is 8. The van der Waals surface area contributed by atoms with Crippen molar-refractivity contribution in [2.45, 2.75) is 57.7 Å². The van der Waals surface area contributed by atoms with Gasteiger partial charge in [-0.1, -0.05) is 12.1 Å². The highest BCUT2D eigenvalue weighted by atomic mass is 19.3. The minimum absolute atomic E-state index is 0.0612. The molecule has 0 saturated heterocycles. The number of aryl methyl sites for hydroxylation is 3. The van der Waals surface area contributed by atoms with Crippen molar-refractivity contribution in [2.75, 3.05) is 12.4 Å². The normalized spacial score (nSPS) is 16.1. The summed E-state index contributed by atoms with van der Waals surface area (Å²) in [4.78, 5) is 34.3. The average Bonchev–Trinajstić information content (AvgIpc) is 3.63. The zero-order chi connectivity index (χ0) is 27.1. The number of nitrogens with one attached hydrogen (secondary N) is 1. The summed E-state index contributed by atoms with van der Waals surface area (Å²) in [6.45, 7) is 3.87. The summed E-state index contributed by atoms with van der Waals surface area (Å²) in [5, 5.41) is 2.91. The molecule has 0 spiro atoms. The predicted octanol–water partition coefficient (Wildman–Crippen LogP) is 5.25. The lowest BCUT2D eigenvalue weighted by Crippen LogP contribution is -2.28. The minimum atomic E-state index is -3.72. The Morgan fingerprint density at radius 2 is 1.84 bits per heavy atom. The van der Waals surface area contributed by atoms with Gasteiger partial charge in [0.1, 0.15) is 5.82 Å². The van der Waals surface area contributed by atoms with Crippen molar-refractivity contribution < 1.29 is 32.6 Å². The van der Waals surface area contributed by atoms with Gasteiger partial charge in [-0.05, 0) is 80.5 Å². The van der Waals surface area contributed by atoms with Gasteiger partial charge in [0.2, 0.25) is 5.91 Å². The van der Waals surface area contributed by atoms with Crippen molar-refractivity contribution in [2.24, 2.45) is 0 Å². The molecular formula is C28H27F2N3O5. The fraction of sp³-hybridized carbons (Fsp3) is 0.357. The molecule has 1 fully saturated rings. The molecule has 1 N–H and O–H groups in total. The van der Waals surface area contributed by atoms with E-state index in [1.54, 1.807) is 18.3 Å². The van der Waals surface area contributed by atoms with E-state index in [0.29, 0.717) is 42.8 Å². The first-order chi connectivity index (χ1) is 18.1. The lowest BCUT2D eigenvalue weighted by Gasteiger charge is -2.17. The Bertz CT molecular complexity index is 1420. The number of alkyl halides is 2. The number of aromatic nitrogens is 2. The van der Waals surface area contributed by atoms with E-state index in [1.807, 2.05) is 26.0 Å². The Morgan fingerprint density at radius 3 is 2.58 bits per heavy atom. The number of hydrogen-bond donors (Lipinski definition) is 1. The first kappa shape index (κ1) is 25.6. The van der Waals surface area contributed by atoms with Crippen LogP contribution in [0.25, 0.3) is 11.3 Å². The van der Waals surface area contributed by atoms with Gasteiger partial charge in [0, 0.05) is 23.9 Å². The van der Waals surface area contributed by atoms with E-state index < -0.39 is 11.7 Å². The molecule has 1 saturated carbocycles. The Morgan fingerprint density at radius 1 is 1.08 bits per heavy atom. The molecule has 3 aromatic rings. The Hall–Kier alpha value is -4.08. The molecule has 198 valence electrons. The minimum Gasteiger partial charge on any atom is -0.469 e. The Kier molecular flexibility index (Phi) is 6.50. The van der Waals surface area contributed by atoms with Gasteiger partial charge < -0.3 is 19.5 Å². The van der Waals surface area contributed by atoms with Crippen LogP contribution in [0.4, 0.5) is 14.6 Å². The van der Waals surface area contributed by atoms with E-state index in [-0.39, 0.29) is 29.8 Å². The number of ether oxygens (including phenoxy) is 3. The van der Waals surface area contributed by atoms with Crippen LogP contribution in [0.15, 0.2) is 42.6 Å². The summed E-state index contributed by atoms with van der Waals surface area (Å²) >= 11 is 0. The first-order valence-electron chi connectivity index (χ1n) is 12.3. The number of anilines is 1. The number of nitrogens with zero attached hydrogens (tertiary/aromatic N) is 2. The van der Waals surface area contributed by atoms with Gasteiger partial charge >= 0.3 is 12.3 Å². The fourth-order valence-electron chi connectivity index (χ4n) is 4.63. The van der Waals surface area contributed by atoms with Crippen LogP contribution >= 0.6 is 0 Å². The number of benzene rings is 1. The number of hydrogen-bond acceptors (Lipinski definition) is 7. The van der Waals surface area contributed by atoms with Gasteiger partial charge in [-0.3, -0.25) is 14.6 Å². The van der Waals surface area contributed by atoms with Crippen molar-refractivity contribution in [1.29, 1.82) is 0 Å². The third-order valence-electron chi connectivity index (χ3n) is 6.86. The number of methoxy groups -OCH3 is 1. The quantitative estimate of drug-likeness (QED) is 0.403. The summed E-state index contributed by atoms with van der Waals surface area (Å²) in [6.07, 6.45) is 0.623. The van der Waals surface area contributed by atoms with Crippen LogP contribution in [0, 0.1) is 13.8 Å². The van der Waals surface area contributed by atoms with E-state index in [4.69, 9.17) is 9.72 Å². The summed E-state index contributed by atoms with van der Waals surface area (Å²) in [5.41, 5.74) is 3.91. The molecule has 0 radical (unpaired) electrons. The molecule has 1 aliphatic carbocycles. The van der Waals surface area contributed by atoms with Gasteiger partial charge in [-0.15, -0.1) is 8.78 Å². The molecule has 0 unspecified atom stereocenters. The van der Waals surface area contributed by atoms with Crippen molar-refractivity contribution in [1.82, 2.24) is 9.97 Å². The van der Waals surface area contributed by atoms with Crippen LogP contribution in [0.3, 0.4) is 0 Å². The van der Waals surface area contributed by atoms with E-state index in [9.17, 15) is 18.4 Å². The summed E-state index contributed by atoms with van der Waals surface area (Å²) in [6, 6.07) is 10.0. The maximum Gasteiger partial charge on any atom is 0.586 e. The van der Waals surface area contributed by atoms with Crippen molar-refractivity contribution in [3.8, 4) is 22.8 Å². The molecule has 10 heteroatoms. The number of esters is 1. The maximum absolute atomic E-state index is 13.5. The number of pyridine rings is 2. The summed E-state index contributed by atoms with van der Waals surface area (Å²) in [7, 11) is 1.36. The van der Waals surface area contributed by atoms with E-state index in [1.165, 1.54) is 19.2 Å². The summed E-state index contributed by atoms with van der Waals surface area (Å²) in [5.74, 6) is -0.326. The molecule has 0 atom stereocenters. The third kappa shape index (κ3) is 5.03. The van der Waals surface area contributed by atoms with Gasteiger partial charge in [-0.2, -0.15) is 0 Å². The molecule has 8 nitrogen and oxygen atoms in total. The molecular weight excluding hydrogens is 496 g/mol. The second-order valence-corrected chi connectivity index (χ2v) is 9.66. The van der Waals surface area contributed by atoms with Crippen molar-refractivity contribution in [3.63, 3.8) is 0 Å². The SMILES string of the molecule is COC(=O)CCCc1ncc(C)cc1-c1nc(NC(=O)C2(c3ccc4c(c3)OC(F)(F)O4)CC2)ccc1C. The monoisotopic (exact) mass is 523 g/mol. The van der Waals surface area contributed by atoms with E-state index in [0.717, 1.165) is 22.4 Å². The van der Waals surface area contributed by atoms with Gasteiger partial charge in [0.05, 0.1) is 18.2 Å². The van der Waals surface area contributed by atoms with Gasteiger partial charge in [0.15, 0.2) is 11.5 Å². The summed E-state index contributed by atoms with van der Waals surface area (Å²) < 4.78 is 40.7. The van der Waals surface area contributed by atoms with E-state index in [2.05, 4.69) is 19.8 Å². The molecule has 2 aliphatic rings. The number of halogens is 2. The van der Waals surface area contributed by atoms with Gasteiger partial charge in [-0.25, -0.2) is 4.98 Å². The number of carbonyl (C=O) groups is 2.